The molecule has 0 saturated carbocycles. The molecule has 0 aliphatic carbocycles. The minimum Gasteiger partial charge on any atom is -0.497 e. The van der Waals surface area contributed by atoms with Crippen molar-refractivity contribution in [2.24, 2.45) is 5.10 Å². The minimum absolute atomic E-state index is 0.266. The van der Waals surface area contributed by atoms with Crippen molar-refractivity contribution in [3.63, 3.8) is 0 Å². The number of carbonyl (C=O) groups excluding carboxylic acids is 1. The Morgan fingerprint density at radius 2 is 1.61 bits per heavy atom. The SMILES string of the molecule is COc1cccc(/C(C)=N\NC(=O)c2ccc(COc3ccccc3)cc2)c1. The number of carbonyl (C=O) groups is 1. The fourth-order valence-corrected chi connectivity index (χ4v) is 2.55. The number of para-hydroxylation sites is 1. The largest absolute Gasteiger partial charge is 0.497 e. The highest BCUT2D eigenvalue weighted by Crippen LogP contribution is 2.14. The maximum atomic E-state index is 12.3. The highest BCUT2D eigenvalue weighted by molar-refractivity contribution is 6.01. The second kappa shape index (κ2) is 9.37. The molecule has 0 unspecified atom stereocenters. The molecule has 0 atom stereocenters. The molecule has 3 rings (SSSR count). The van der Waals surface area contributed by atoms with E-state index in [9.17, 15) is 4.79 Å². The Morgan fingerprint density at radius 3 is 2.32 bits per heavy atom. The maximum absolute atomic E-state index is 12.3. The molecule has 5 nitrogen and oxygen atoms in total. The van der Waals surface area contributed by atoms with Gasteiger partial charge < -0.3 is 9.47 Å². The third kappa shape index (κ3) is 5.20. The summed E-state index contributed by atoms with van der Waals surface area (Å²) in [6.07, 6.45) is 0. The fourth-order valence-electron chi connectivity index (χ4n) is 2.55. The van der Waals surface area contributed by atoms with E-state index in [0.717, 1.165) is 22.6 Å². The standard InChI is InChI=1S/C23H22N2O3/c1-17(20-7-6-10-22(15-20)27-2)24-25-23(26)19-13-11-18(12-14-19)16-28-21-8-4-3-5-9-21/h3-15H,16H2,1-2H3,(H,25,26)/b24-17-. The Balaban J connectivity index is 1.58. The monoisotopic (exact) mass is 374 g/mol. The summed E-state index contributed by atoms with van der Waals surface area (Å²) < 4.78 is 10.9. The highest BCUT2D eigenvalue weighted by atomic mass is 16.5. The van der Waals surface area contributed by atoms with Gasteiger partial charge >= 0.3 is 0 Å². The van der Waals surface area contributed by atoms with E-state index in [0.29, 0.717) is 17.9 Å². The van der Waals surface area contributed by atoms with Gasteiger partial charge in [-0.05, 0) is 48.9 Å². The molecule has 0 fully saturated rings. The zero-order valence-corrected chi connectivity index (χ0v) is 15.9. The number of amides is 1. The van der Waals surface area contributed by atoms with E-state index in [-0.39, 0.29) is 5.91 Å². The van der Waals surface area contributed by atoms with Crippen LogP contribution in [0.4, 0.5) is 0 Å². The van der Waals surface area contributed by atoms with Crippen LogP contribution in [-0.2, 0) is 6.61 Å². The highest BCUT2D eigenvalue weighted by Gasteiger charge is 2.06. The molecule has 1 amide bonds. The van der Waals surface area contributed by atoms with Crippen molar-refractivity contribution in [1.29, 1.82) is 0 Å². The Hall–Kier alpha value is -3.60. The van der Waals surface area contributed by atoms with E-state index in [2.05, 4.69) is 10.5 Å². The normalized spacial score (nSPS) is 11.0. The maximum Gasteiger partial charge on any atom is 0.271 e. The van der Waals surface area contributed by atoms with Gasteiger partial charge in [-0.1, -0.05) is 42.5 Å². The summed E-state index contributed by atoms with van der Waals surface area (Å²) in [7, 11) is 1.61. The Labute approximate surface area is 164 Å². The van der Waals surface area contributed by atoms with Crippen LogP contribution in [0.3, 0.4) is 0 Å². The number of nitrogens with zero attached hydrogens (tertiary/aromatic N) is 1. The van der Waals surface area contributed by atoms with Gasteiger partial charge in [0.15, 0.2) is 0 Å². The molecule has 5 heteroatoms. The second-order valence-electron chi connectivity index (χ2n) is 6.17. The first-order valence-electron chi connectivity index (χ1n) is 8.91. The van der Waals surface area contributed by atoms with Crippen LogP contribution < -0.4 is 14.9 Å². The van der Waals surface area contributed by atoms with Crippen LogP contribution in [0.15, 0.2) is 84.0 Å². The van der Waals surface area contributed by atoms with Crippen LogP contribution in [0.2, 0.25) is 0 Å². The predicted octanol–water partition coefficient (Wildman–Crippen LogP) is 4.43. The van der Waals surface area contributed by atoms with Crippen molar-refractivity contribution in [3.05, 3.63) is 95.6 Å². The Morgan fingerprint density at radius 1 is 0.893 bits per heavy atom. The molecule has 0 aromatic heterocycles. The lowest BCUT2D eigenvalue weighted by atomic mass is 10.1. The molecular formula is C23H22N2O3. The van der Waals surface area contributed by atoms with Crippen molar-refractivity contribution >= 4 is 11.6 Å². The van der Waals surface area contributed by atoms with E-state index >= 15 is 0 Å². The first kappa shape index (κ1) is 19.2. The van der Waals surface area contributed by atoms with Gasteiger partial charge in [0.2, 0.25) is 0 Å². The molecule has 28 heavy (non-hydrogen) atoms. The van der Waals surface area contributed by atoms with Gasteiger partial charge in [0.1, 0.15) is 18.1 Å². The van der Waals surface area contributed by atoms with Gasteiger partial charge in [-0.3, -0.25) is 4.79 Å². The predicted molar refractivity (Wildman–Crippen MR) is 110 cm³/mol. The first-order chi connectivity index (χ1) is 13.7. The van der Waals surface area contributed by atoms with Crippen LogP contribution in [0.1, 0.15) is 28.4 Å². The van der Waals surface area contributed by atoms with Crippen molar-refractivity contribution < 1.29 is 14.3 Å². The van der Waals surface area contributed by atoms with E-state index < -0.39 is 0 Å². The van der Waals surface area contributed by atoms with Crippen molar-refractivity contribution in [1.82, 2.24) is 5.43 Å². The molecule has 0 saturated heterocycles. The van der Waals surface area contributed by atoms with Crippen LogP contribution in [0, 0.1) is 0 Å². The molecule has 0 radical (unpaired) electrons. The number of hydrogen-bond donors (Lipinski definition) is 1. The molecular weight excluding hydrogens is 352 g/mol. The van der Waals surface area contributed by atoms with Crippen LogP contribution >= 0.6 is 0 Å². The third-order valence-electron chi connectivity index (χ3n) is 4.18. The summed E-state index contributed by atoms with van der Waals surface area (Å²) in [6, 6.07) is 24.4. The second-order valence-corrected chi connectivity index (χ2v) is 6.17. The fraction of sp³-hybridized carbons (Fsp3) is 0.130. The van der Waals surface area contributed by atoms with Gasteiger partial charge in [-0.15, -0.1) is 0 Å². The Kier molecular flexibility index (Phi) is 6.41. The smallest absolute Gasteiger partial charge is 0.271 e. The van der Waals surface area contributed by atoms with Gasteiger partial charge in [-0.25, -0.2) is 5.43 Å². The summed E-state index contributed by atoms with van der Waals surface area (Å²) in [5, 5.41) is 4.18. The first-order valence-corrected chi connectivity index (χ1v) is 8.91. The quantitative estimate of drug-likeness (QED) is 0.492. The molecule has 0 aliphatic heterocycles. The number of nitrogens with one attached hydrogen (secondary N) is 1. The molecule has 0 bridgehead atoms. The summed E-state index contributed by atoms with van der Waals surface area (Å²) >= 11 is 0. The Bertz CT molecular complexity index is 951. The van der Waals surface area contributed by atoms with Crippen LogP contribution in [0.5, 0.6) is 11.5 Å². The van der Waals surface area contributed by atoms with Gasteiger partial charge in [0.05, 0.1) is 12.8 Å². The van der Waals surface area contributed by atoms with Crippen molar-refractivity contribution in [2.45, 2.75) is 13.5 Å². The molecule has 0 heterocycles. The summed E-state index contributed by atoms with van der Waals surface area (Å²) in [5.74, 6) is 1.29. The molecule has 0 aliphatic rings. The lowest BCUT2D eigenvalue weighted by molar-refractivity contribution is 0.0955. The minimum atomic E-state index is -0.266. The number of ether oxygens (including phenoxy) is 2. The number of hydrazone groups is 1. The average molecular weight is 374 g/mol. The number of hydrogen-bond acceptors (Lipinski definition) is 4. The molecule has 142 valence electrons. The lowest BCUT2D eigenvalue weighted by Crippen LogP contribution is -2.19. The zero-order chi connectivity index (χ0) is 19.8. The number of rotatable bonds is 7. The van der Waals surface area contributed by atoms with Crippen molar-refractivity contribution in [2.75, 3.05) is 7.11 Å². The average Bonchev–Trinajstić information content (AvgIpc) is 2.77. The van der Waals surface area contributed by atoms with E-state index in [1.807, 2.05) is 73.7 Å². The van der Waals surface area contributed by atoms with Gasteiger partial charge in [0.25, 0.3) is 5.91 Å². The number of methoxy groups -OCH3 is 1. The van der Waals surface area contributed by atoms with Crippen LogP contribution in [-0.4, -0.2) is 18.7 Å². The zero-order valence-electron chi connectivity index (χ0n) is 15.9. The summed E-state index contributed by atoms with van der Waals surface area (Å²) in [5.41, 5.74) is 5.68. The van der Waals surface area contributed by atoms with Crippen LogP contribution in [0.25, 0.3) is 0 Å². The number of benzene rings is 3. The third-order valence-corrected chi connectivity index (χ3v) is 4.18. The molecule has 3 aromatic rings. The molecule has 1 N–H and O–H groups in total. The van der Waals surface area contributed by atoms with Crippen molar-refractivity contribution in [3.8, 4) is 11.5 Å². The molecule has 3 aromatic carbocycles. The molecule has 0 spiro atoms. The van der Waals surface area contributed by atoms with Gasteiger partial charge in [0, 0.05) is 11.1 Å². The van der Waals surface area contributed by atoms with E-state index in [1.165, 1.54) is 0 Å². The van der Waals surface area contributed by atoms with E-state index in [4.69, 9.17) is 9.47 Å². The van der Waals surface area contributed by atoms with E-state index in [1.54, 1.807) is 19.2 Å². The summed E-state index contributed by atoms with van der Waals surface area (Å²) in [4.78, 5) is 12.3. The lowest BCUT2D eigenvalue weighted by Gasteiger charge is -2.07. The topological polar surface area (TPSA) is 59.9 Å². The van der Waals surface area contributed by atoms with Gasteiger partial charge in [-0.2, -0.15) is 5.10 Å². The summed E-state index contributed by atoms with van der Waals surface area (Å²) in [6.45, 7) is 2.28.